The fourth-order valence-corrected chi connectivity index (χ4v) is 4.82. The van der Waals surface area contributed by atoms with E-state index in [1.807, 2.05) is 56.3 Å². The lowest BCUT2D eigenvalue weighted by Crippen LogP contribution is -2.42. The average molecular weight is 453 g/mol. The zero-order valence-electron chi connectivity index (χ0n) is 18.3. The summed E-state index contributed by atoms with van der Waals surface area (Å²) in [4.78, 5) is 12.8. The van der Waals surface area contributed by atoms with E-state index in [0.29, 0.717) is 18.9 Å². The van der Waals surface area contributed by atoms with Crippen LogP contribution in [0.15, 0.2) is 83.8 Å². The van der Waals surface area contributed by atoms with Gasteiger partial charge in [0.2, 0.25) is 5.91 Å². The summed E-state index contributed by atoms with van der Waals surface area (Å²) in [5.74, 6) is -0.396. The van der Waals surface area contributed by atoms with Crippen molar-refractivity contribution in [3.63, 3.8) is 0 Å². The minimum atomic E-state index is -3.91. The van der Waals surface area contributed by atoms with Crippen molar-refractivity contribution in [1.29, 1.82) is 0 Å². The van der Waals surface area contributed by atoms with Gasteiger partial charge < -0.3 is 10.1 Å². The maximum atomic E-state index is 13.4. The van der Waals surface area contributed by atoms with E-state index < -0.39 is 15.9 Å². The largest absolute Gasteiger partial charge is 0.375 e. The SMILES string of the molecule is Cc1ccc(N(CC(=O)NCCOCc2ccccc2)S(=O)(=O)c2ccccc2)c(C)c1. The topological polar surface area (TPSA) is 75.7 Å². The number of anilines is 1. The Hall–Kier alpha value is -3.16. The van der Waals surface area contributed by atoms with Gasteiger partial charge in [0.1, 0.15) is 6.54 Å². The molecule has 0 saturated heterocycles. The Kier molecular flexibility index (Phi) is 8.03. The van der Waals surface area contributed by atoms with E-state index in [9.17, 15) is 13.2 Å². The molecule has 0 aromatic heterocycles. The molecule has 32 heavy (non-hydrogen) atoms. The molecular weight excluding hydrogens is 424 g/mol. The smallest absolute Gasteiger partial charge is 0.264 e. The van der Waals surface area contributed by atoms with Crippen molar-refractivity contribution in [1.82, 2.24) is 5.32 Å². The summed E-state index contributed by atoms with van der Waals surface area (Å²) in [5.41, 5.74) is 3.33. The molecule has 3 aromatic carbocycles. The van der Waals surface area contributed by atoms with Crippen molar-refractivity contribution in [2.75, 3.05) is 24.0 Å². The summed E-state index contributed by atoms with van der Waals surface area (Å²) in [6, 6.07) is 23.4. The fraction of sp³-hybridized carbons (Fsp3) is 0.240. The maximum absolute atomic E-state index is 13.4. The lowest BCUT2D eigenvalue weighted by atomic mass is 10.1. The lowest BCUT2D eigenvalue weighted by molar-refractivity contribution is -0.119. The molecule has 0 radical (unpaired) electrons. The molecule has 0 aliphatic heterocycles. The standard InChI is InChI=1S/C25H28N2O4S/c1-20-13-14-24(21(2)17-20)27(32(29,30)23-11-7-4-8-12-23)18-25(28)26-15-16-31-19-22-9-5-3-6-10-22/h3-14,17H,15-16,18-19H2,1-2H3,(H,26,28). The first-order valence-electron chi connectivity index (χ1n) is 10.4. The number of amides is 1. The Bertz CT molecular complexity index is 1130. The number of nitrogens with zero attached hydrogens (tertiary/aromatic N) is 1. The molecule has 0 spiro atoms. The maximum Gasteiger partial charge on any atom is 0.264 e. The molecule has 0 aliphatic rings. The second kappa shape index (κ2) is 10.9. The Labute approximate surface area is 189 Å². The highest BCUT2D eigenvalue weighted by Gasteiger charge is 2.28. The highest BCUT2D eigenvalue weighted by atomic mass is 32.2. The van der Waals surface area contributed by atoms with Crippen LogP contribution >= 0.6 is 0 Å². The van der Waals surface area contributed by atoms with Crippen molar-refractivity contribution in [2.24, 2.45) is 0 Å². The molecule has 0 unspecified atom stereocenters. The number of aryl methyl sites for hydroxylation is 2. The molecule has 0 fully saturated rings. The van der Waals surface area contributed by atoms with Crippen LogP contribution < -0.4 is 9.62 Å². The Balaban J connectivity index is 1.68. The molecule has 1 N–H and O–H groups in total. The number of carbonyl (C=O) groups excluding carboxylic acids is 1. The van der Waals surface area contributed by atoms with Gasteiger partial charge in [-0.1, -0.05) is 66.2 Å². The second-order valence-electron chi connectivity index (χ2n) is 7.50. The van der Waals surface area contributed by atoms with Gasteiger partial charge >= 0.3 is 0 Å². The molecule has 0 atom stereocenters. The Morgan fingerprint density at radius 1 is 0.938 bits per heavy atom. The van der Waals surface area contributed by atoms with Crippen LogP contribution in [0.4, 0.5) is 5.69 Å². The van der Waals surface area contributed by atoms with Crippen LogP contribution in [0.1, 0.15) is 16.7 Å². The van der Waals surface area contributed by atoms with Crippen molar-refractivity contribution < 1.29 is 17.9 Å². The molecule has 0 bridgehead atoms. The van der Waals surface area contributed by atoms with Crippen LogP contribution in [0.25, 0.3) is 0 Å². The van der Waals surface area contributed by atoms with Crippen LogP contribution in [0.3, 0.4) is 0 Å². The predicted molar refractivity (Wildman–Crippen MR) is 126 cm³/mol. The zero-order valence-corrected chi connectivity index (χ0v) is 19.1. The van der Waals surface area contributed by atoms with Crippen molar-refractivity contribution >= 4 is 21.6 Å². The Morgan fingerprint density at radius 3 is 2.25 bits per heavy atom. The number of nitrogens with one attached hydrogen (secondary N) is 1. The minimum Gasteiger partial charge on any atom is -0.375 e. The third kappa shape index (κ3) is 6.18. The summed E-state index contributed by atoms with van der Waals surface area (Å²) in [5, 5.41) is 2.75. The lowest BCUT2D eigenvalue weighted by Gasteiger charge is -2.26. The second-order valence-corrected chi connectivity index (χ2v) is 9.37. The van der Waals surface area contributed by atoms with E-state index in [1.54, 1.807) is 24.3 Å². The van der Waals surface area contributed by atoms with Gasteiger partial charge in [-0.3, -0.25) is 9.10 Å². The molecule has 6 nitrogen and oxygen atoms in total. The van der Waals surface area contributed by atoms with Crippen molar-refractivity contribution in [3.05, 3.63) is 95.6 Å². The molecule has 0 saturated carbocycles. The van der Waals surface area contributed by atoms with Gasteiger partial charge in [-0.15, -0.1) is 0 Å². The van der Waals surface area contributed by atoms with Crippen LogP contribution in [-0.4, -0.2) is 34.0 Å². The quantitative estimate of drug-likeness (QED) is 0.475. The predicted octanol–water partition coefficient (Wildman–Crippen LogP) is 3.83. The van der Waals surface area contributed by atoms with Crippen LogP contribution in [0.2, 0.25) is 0 Å². The zero-order chi connectivity index (χ0) is 23.0. The molecule has 3 aromatic rings. The number of hydrogen-bond donors (Lipinski definition) is 1. The molecular formula is C25H28N2O4S. The van der Waals surface area contributed by atoms with Gasteiger partial charge in [0, 0.05) is 6.54 Å². The van der Waals surface area contributed by atoms with Gasteiger partial charge in [0.25, 0.3) is 10.0 Å². The van der Waals surface area contributed by atoms with E-state index in [2.05, 4.69) is 5.32 Å². The van der Waals surface area contributed by atoms with Gasteiger partial charge in [0.15, 0.2) is 0 Å². The summed E-state index contributed by atoms with van der Waals surface area (Å²) < 4.78 is 33.5. The highest BCUT2D eigenvalue weighted by Crippen LogP contribution is 2.27. The van der Waals surface area contributed by atoms with Gasteiger partial charge in [-0.2, -0.15) is 0 Å². The van der Waals surface area contributed by atoms with E-state index in [-0.39, 0.29) is 18.0 Å². The summed E-state index contributed by atoms with van der Waals surface area (Å²) in [6.45, 7) is 4.53. The minimum absolute atomic E-state index is 0.138. The van der Waals surface area contributed by atoms with Gasteiger partial charge in [-0.05, 0) is 43.2 Å². The molecule has 0 aliphatic carbocycles. The van der Waals surface area contributed by atoms with Gasteiger partial charge in [-0.25, -0.2) is 8.42 Å². The van der Waals surface area contributed by atoms with Crippen molar-refractivity contribution in [3.8, 4) is 0 Å². The highest BCUT2D eigenvalue weighted by molar-refractivity contribution is 7.92. The number of carbonyl (C=O) groups is 1. The summed E-state index contributed by atoms with van der Waals surface area (Å²) in [7, 11) is -3.91. The first-order chi connectivity index (χ1) is 15.4. The van der Waals surface area contributed by atoms with E-state index >= 15 is 0 Å². The Morgan fingerprint density at radius 2 is 1.59 bits per heavy atom. The average Bonchev–Trinajstić information content (AvgIpc) is 2.79. The van der Waals surface area contributed by atoms with Crippen LogP contribution in [-0.2, 0) is 26.2 Å². The third-order valence-electron chi connectivity index (χ3n) is 4.92. The van der Waals surface area contributed by atoms with Gasteiger partial charge in [0.05, 0.1) is 23.8 Å². The van der Waals surface area contributed by atoms with Crippen LogP contribution in [0, 0.1) is 13.8 Å². The fourth-order valence-electron chi connectivity index (χ4n) is 3.32. The molecule has 168 valence electrons. The van der Waals surface area contributed by atoms with E-state index in [0.717, 1.165) is 21.0 Å². The number of rotatable bonds is 10. The molecule has 3 rings (SSSR count). The van der Waals surface area contributed by atoms with E-state index in [1.165, 1.54) is 12.1 Å². The number of hydrogen-bond acceptors (Lipinski definition) is 4. The first kappa shape index (κ1) is 23.5. The normalized spacial score (nSPS) is 11.2. The van der Waals surface area contributed by atoms with Crippen molar-refractivity contribution in [2.45, 2.75) is 25.3 Å². The third-order valence-corrected chi connectivity index (χ3v) is 6.69. The first-order valence-corrected chi connectivity index (χ1v) is 11.9. The number of sulfonamides is 1. The molecule has 0 heterocycles. The molecule has 7 heteroatoms. The van der Waals surface area contributed by atoms with E-state index in [4.69, 9.17) is 4.74 Å². The number of ether oxygens (including phenoxy) is 1. The molecule has 1 amide bonds. The monoisotopic (exact) mass is 452 g/mol. The summed E-state index contributed by atoms with van der Waals surface area (Å²) >= 11 is 0. The number of benzene rings is 3. The van der Waals surface area contributed by atoms with Crippen LogP contribution in [0.5, 0.6) is 0 Å². The summed E-state index contributed by atoms with van der Waals surface area (Å²) in [6.07, 6.45) is 0.